The molecule has 9 nitrogen and oxygen atoms in total. The van der Waals surface area contributed by atoms with Crippen molar-refractivity contribution < 1.29 is 29.3 Å². The molecule has 2 N–H and O–H groups in total. The number of aliphatic hydroxyl groups is 1. The van der Waals surface area contributed by atoms with Crippen molar-refractivity contribution in [2.24, 2.45) is 0 Å². The number of ether oxygens (including phenoxy) is 2. The molecule has 1 fully saturated rings. The number of Topliss-reactive ketones (excluding diaryl/α,β-unsaturated/α-hetero) is 1. The van der Waals surface area contributed by atoms with Crippen LogP contribution in [0.2, 0.25) is 0 Å². The minimum absolute atomic E-state index is 0.0624. The topological polar surface area (TPSA) is 114 Å². The number of phenolic OH excluding ortho intramolecular Hbond substituents is 1. The van der Waals surface area contributed by atoms with Crippen LogP contribution in [0.15, 0.2) is 48.2 Å². The van der Waals surface area contributed by atoms with E-state index < -0.39 is 17.7 Å². The number of carbonyl (C=O) groups is 2. The van der Waals surface area contributed by atoms with Crippen LogP contribution >= 0.6 is 0 Å². The zero-order chi connectivity index (χ0) is 23.0. The van der Waals surface area contributed by atoms with Gasteiger partial charge in [-0.1, -0.05) is 12.1 Å². The molecule has 166 valence electrons. The Kier molecular flexibility index (Phi) is 5.58. The Morgan fingerprint density at radius 2 is 1.97 bits per heavy atom. The normalized spacial score (nSPS) is 18.0. The third-order valence-electron chi connectivity index (χ3n) is 5.52. The number of carbonyl (C=O) groups excluding carboxylic acids is 2. The molecule has 3 aromatic rings. The Morgan fingerprint density at radius 1 is 1.19 bits per heavy atom. The molecule has 1 aromatic carbocycles. The monoisotopic (exact) mass is 437 g/mol. The quantitative estimate of drug-likeness (QED) is 0.346. The number of methoxy groups -OCH3 is 2. The van der Waals surface area contributed by atoms with E-state index in [4.69, 9.17) is 9.47 Å². The van der Waals surface area contributed by atoms with E-state index >= 15 is 0 Å². The van der Waals surface area contributed by atoms with E-state index in [0.29, 0.717) is 22.6 Å². The number of hydrogen-bond donors (Lipinski definition) is 2. The first-order valence-electron chi connectivity index (χ1n) is 9.97. The molecule has 0 radical (unpaired) electrons. The molecule has 1 amide bonds. The number of aromatic nitrogens is 2. The van der Waals surface area contributed by atoms with Crippen LogP contribution in [0.5, 0.6) is 11.5 Å². The predicted octanol–water partition coefficient (Wildman–Crippen LogP) is 2.43. The van der Waals surface area contributed by atoms with Gasteiger partial charge in [0.25, 0.3) is 11.7 Å². The number of imidazole rings is 1. The fourth-order valence-corrected chi connectivity index (χ4v) is 4.04. The lowest BCUT2D eigenvalue weighted by Crippen LogP contribution is -2.32. The molecule has 32 heavy (non-hydrogen) atoms. The number of rotatable bonds is 6. The van der Waals surface area contributed by atoms with E-state index in [1.54, 1.807) is 41.8 Å². The first kappa shape index (κ1) is 21.4. The van der Waals surface area contributed by atoms with E-state index in [0.717, 1.165) is 0 Å². The zero-order valence-electron chi connectivity index (χ0n) is 17.9. The standard InChI is InChI=1S/C23H23N3O6/c1-13-19(25-9-5-4-6-17(25)24-13)21(28)18-20(14-7-8-15(27)16(12-14)32-3)26(10-11-31-2)23(30)22(18)29/h4-9,12,20,27-28H,10-11H2,1-3H3/b21-18+. The van der Waals surface area contributed by atoms with Gasteiger partial charge in [0.2, 0.25) is 0 Å². The number of likely N-dealkylation sites (tertiary alicyclic amines) is 1. The van der Waals surface area contributed by atoms with E-state index in [9.17, 15) is 19.8 Å². The summed E-state index contributed by atoms with van der Waals surface area (Å²) in [5, 5.41) is 21.3. The zero-order valence-corrected chi connectivity index (χ0v) is 17.9. The van der Waals surface area contributed by atoms with Crippen molar-refractivity contribution in [3.8, 4) is 11.5 Å². The number of fused-ring (bicyclic) bond motifs is 1. The van der Waals surface area contributed by atoms with Crippen molar-refractivity contribution in [2.75, 3.05) is 27.4 Å². The van der Waals surface area contributed by atoms with Gasteiger partial charge in [0.15, 0.2) is 17.3 Å². The molecular weight excluding hydrogens is 414 g/mol. The van der Waals surface area contributed by atoms with Crippen molar-refractivity contribution >= 4 is 23.1 Å². The van der Waals surface area contributed by atoms with Gasteiger partial charge in [0.1, 0.15) is 11.3 Å². The average Bonchev–Trinajstić information content (AvgIpc) is 3.25. The van der Waals surface area contributed by atoms with Crippen molar-refractivity contribution in [1.82, 2.24) is 14.3 Å². The van der Waals surface area contributed by atoms with Crippen molar-refractivity contribution in [3.05, 3.63) is 65.1 Å². The molecular formula is C23H23N3O6. The average molecular weight is 437 g/mol. The number of ketones is 1. The van der Waals surface area contributed by atoms with Crippen LogP contribution in [-0.4, -0.2) is 63.6 Å². The van der Waals surface area contributed by atoms with Crippen molar-refractivity contribution in [3.63, 3.8) is 0 Å². The van der Waals surface area contributed by atoms with Crippen LogP contribution in [0.4, 0.5) is 0 Å². The molecule has 9 heteroatoms. The van der Waals surface area contributed by atoms with E-state index in [2.05, 4.69) is 4.98 Å². The van der Waals surface area contributed by atoms with Gasteiger partial charge in [0, 0.05) is 19.9 Å². The van der Waals surface area contributed by atoms with Gasteiger partial charge >= 0.3 is 0 Å². The third kappa shape index (κ3) is 3.36. The SMILES string of the molecule is COCCN1C(=O)C(=O)/C(=C(/O)c2c(C)nc3ccccn23)C1c1ccc(O)c(OC)c1. The van der Waals surface area contributed by atoms with Crippen LogP contribution in [-0.2, 0) is 14.3 Å². The lowest BCUT2D eigenvalue weighted by molar-refractivity contribution is -0.140. The Morgan fingerprint density at radius 3 is 2.69 bits per heavy atom. The second-order valence-corrected chi connectivity index (χ2v) is 7.39. The second kappa shape index (κ2) is 8.35. The van der Waals surface area contributed by atoms with Gasteiger partial charge in [-0.2, -0.15) is 0 Å². The Labute approximate surface area is 184 Å². The van der Waals surface area contributed by atoms with Crippen molar-refractivity contribution in [1.29, 1.82) is 0 Å². The smallest absolute Gasteiger partial charge is 0.295 e. The highest BCUT2D eigenvalue weighted by Gasteiger charge is 2.46. The molecule has 0 saturated carbocycles. The molecule has 3 heterocycles. The van der Waals surface area contributed by atoms with Gasteiger partial charge in [0.05, 0.1) is 31.0 Å². The summed E-state index contributed by atoms with van der Waals surface area (Å²) in [5.74, 6) is -1.77. The summed E-state index contributed by atoms with van der Waals surface area (Å²) in [4.78, 5) is 31.8. The van der Waals surface area contributed by atoms with E-state index in [1.165, 1.54) is 25.2 Å². The van der Waals surface area contributed by atoms with Crippen LogP contribution in [0.25, 0.3) is 11.4 Å². The highest BCUT2D eigenvalue weighted by molar-refractivity contribution is 6.46. The van der Waals surface area contributed by atoms with Crippen LogP contribution in [0.1, 0.15) is 23.0 Å². The van der Waals surface area contributed by atoms with Gasteiger partial charge in [-0.05, 0) is 36.8 Å². The first-order chi connectivity index (χ1) is 15.4. The molecule has 1 aliphatic heterocycles. The fourth-order valence-electron chi connectivity index (χ4n) is 4.04. The van der Waals surface area contributed by atoms with Crippen LogP contribution in [0, 0.1) is 6.92 Å². The second-order valence-electron chi connectivity index (χ2n) is 7.39. The number of hydrogen-bond acceptors (Lipinski definition) is 7. The number of amides is 1. The number of nitrogens with zero attached hydrogens (tertiary/aromatic N) is 3. The number of pyridine rings is 1. The van der Waals surface area contributed by atoms with Gasteiger partial charge in [-0.15, -0.1) is 0 Å². The number of aryl methyl sites for hydroxylation is 1. The molecule has 0 spiro atoms. The molecule has 0 bridgehead atoms. The minimum atomic E-state index is -0.895. The summed E-state index contributed by atoms with van der Waals surface area (Å²) in [7, 11) is 2.90. The minimum Gasteiger partial charge on any atom is -0.505 e. The van der Waals surface area contributed by atoms with Crippen LogP contribution < -0.4 is 4.74 Å². The Bertz CT molecular complexity index is 1250. The number of aromatic hydroxyl groups is 1. The maximum atomic E-state index is 13.1. The molecule has 1 aliphatic rings. The highest BCUT2D eigenvalue weighted by atomic mass is 16.5. The Hall–Kier alpha value is -3.85. The molecule has 2 aromatic heterocycles. The fraction of sp³-hybridized carbons (Fsp3) is 0.261. The summed E-state index contributed by atoms with van der Waals surface area (Å²) in [6.45, 7) is 2.06. The van der Waals surface area contributed by atoms with E-state index in [1.807, 2.05) is 6.07 Å². The van der Waals surface area contributed by atoms with Crippen LogP contribution in [0.3, 0.4) is 0 Å². The largest absolute Gasteiger partial charge is 0.505 e. The summed E-state index contributed by atoms with van der Waals surface area (Å²) >= 11 is 0. The summed E-state index contributed by atoms with van der Waals surface area (Å²) in [6.07, 6.45) is 1.73. The highest BCUT2D eigenvalue weighted by Crippen LogP contribution is 2.42. The van der Waals surface area contributed by atoms with Crippen molar-refractivity contribution in [2.45, 2.75) is 13.0 Å². The first-order valence-corrected chi connectivity index (χ1v) is 9.97. The van der Waals surface area contributed by atoms with Gasteiger partial charge in [-0.3, -0.25) is 14.0 Å². The molecule has 0 aliphatic carbocycles. The summed E-state index contributed by atoms with van der Waals surface area (Å²) < 4.78 is 12.0. The lowest BCUT2D eigenvalue weighted by Gasteiger charge is -2.25. The van der Waals surface area contributed by atoms with E-state index in [-0.39, 0.29) is 36.0 Å². The Balaban J connectivity index is 1.96. The lowest BCUT2D eigenvalue weighted by atomic mass is 9.96. The van der Waals surface area contributed by atoms with Gasteiger partial charge < -0.3 is 24.6 Å². The number of benzene rings is 1. The maximum Gasteiger partial charge on any atom is 0.295 e. The predicted molar refractivity (Wildman–Crippen MR) is 115 cm³/mol. The van der Waals surface area contributed by atoms with Gasteiger partial charge in [-0.25, -0.2) is 4.98 Å². The molecule has 1 saturated heterocycles. The third-order valence-corrected chi connectivity index (χ3v) is 5.52. The maximum absolute atomic E-state index is 13.1. The number of aliphatic hydroxyl groups excluding tert-OH is 1. The summed E-state index contributed by atoms with van der Waals surface area (Å²) in [5.41, 5.74) is 1.89. The molecule has 4 rings (SSSR count). The summed E-state index contributed by atoms with van der Waals surface area (Å²) in [6, 6.07) is 9.03. The number of phenols is 1. The molecule has 1 atom stereocenters. The molecule has 1 unspecified atom stereocenters.